The van der Waals surface area contributed by atoms with Gasteiger partial charge in [-0.25, -0.2) is 9.37 Å². The van der Waals surface area contributed by atoms with Crippen molar-refractivity contribution in [3.63, 3.8) is 0 Å². The van der Waals surface area contributed by atoms with Gasteiger partial charge in [0.25, 0.3) is 5.56 Å². The van der Waals surface area contributed by atoms with Gasteiger partial charge in [-0.15, -0.1) is 0 Å². The first-order valence-corrected chi connectivity index (χ1v) is 8.20. The van der Waals surface area contributed by atoms with E-state index in [-0.39, 0.29) is 22.4 Å². The largest absolute Gasteiger partial charge is 0.507 e. The van der Waals surface area contributed by atoms with E-state index in [2.05, 4.69) is 9.97 Å². The first kappa shape index (κ1) is 17.4. The van der Waals surface area contributed by atoms with E-state index in [0.717, 1.165) is 6.07 Å². The first-order valence-electron chi connectivity index (χ1n) is 7.82. The normalized spacial score (nSPS) is 11.9. The highest BCUT2D eigenvalue weighted by molar-refractivity contribution is 6.32. The molecule has 0 bridgehead atoms. The van der Waals surface area contributed by atoms with E-state index in [9.17, 15) is 14.3 Å². The summed E-state index contributed by atoms with van der Waals surface area (Å²) in [5.41, 5.74) is 1.15. The van der Waals surface area contributed by atoms with E-state index < -0.39 is 11.4 Å². The highest BCUT2D eigenvalue weighted by Gasteiger charge is 2.25. The van der Waals surface area contributed by atoms with E-state index in [1.807, 2.05) is 20.8 Å². The first-order chi connectivity index (χ1) is 11.6. The molecule has 4 nitrogen and oxygen atoms in total. The topological polar surface area (TPSA) is 66.0 Å². The van der Waals surface area contributed by atoms with Crippen LogP contribution in [0.3, 0.4) is 0 Å². The summed E-state index contributed by atoms with van der Waals surface area (Å²) in [5, 5.41) is 11.4. The molecular weight excluding hydrogens is 343 g/mol. The summed E-state index contributed by atoms with van der Waals surface area (Å²) in [6.07, 6.45) is 0. The Bertz CT molecular complexity index is 1050. The Morgan fingerprint density at radius 1 is 1.24 bits per heavy atom. The van der Waals surface area contributed by atoms with Crippen LogP contribution in [0.1, 0.15) is 31.9 Å². The van der Waals surface area contributed by atoms with Gasteiger partial charge in [0, 0.05) is 10.6 Å². The van der Waals surface area contributed by atoms with Crippen molar-refractivity contribution >= 4 is 22.5 Å². The van der Waals surface area contributed by atoms with Crippen LogP contribution in [0.25, 0.3) is 22.3 Å². The summed E-state index contributed by atoms with van der Waals surface area (Å²) in [5.74, 6) is -0.282. The molecule has 0 saturated heterocycles. The third-order valence-electron chi connectivity index (χ3n) is 4.21. The lowest BCUT2D eigenvalue weighted by molar-refractivity contribution is 0.448. The molecule has 0 atom stereocenters. The second-order valence-corrected chi connectivity index (χ2v) is 7.49. The van der Waals surface area contributed by atoms with Crippen molar-refractivity contribution in [2.75, 3.05) is 0 Å². The smallest absolute Gasteiger partial charge is 0.259 e. The number of hydrogen-bond acceptors (Lipinski definition) is 3. The molecule has 1 aromatic heterocycles. The van der Waals surface area contributed by atoms with Crippen LogP contribution in [-0.2, 0) is 5.41 Å². The summed E-state index contributed by atoms with van der Waals surface area (Å²) in [6.45, 7) is 7.61. The van der Waals surface area contributed by atoms with E-state index in [0.29, 0.717) is 27.2 Å². The zero-order valence-electron chi connectivity index (χ0n) is 14.4. The minimum Gasteiger partial charge on any atom is -0.507 e. The van der Waals surface area contributed by atoms with Crippen LogP contribution in [0.2, 0.25) is 5.02 Å². The second-order valence-electron chi connectivity index (χ2n) is 7.08. The standard InChI is InChI=1S/C19H18ClFN2O2/c1-9-13(20)8-12(19(2,3)4)16(24)15(9)17-22-14-6-5-10(21)7-11(14)18(25)23-17/h5-8,24H,1-4H3,(H,22,23,25). The Balaban J connectivity index is 2.37. The number of H-pyrrole nitrogens is 1. The van der Waals surface area contributed by atoms with Crippen LogP contribution < -0.4 is 5.56 Å². The van der Waals surface area contributed by atoms with Crippen molar-refractivity contribution in [3.05, 3.63) is 56.6 Å². The number of fused-ring (bicyclic) bond motifs is 1. The van der Waals surface area contributed by atoms with E-state index in [1.165, 1.54) is 12.1 Å². The Morgan fingerprint density at radius 3 is 2.56 bits per heavy atom. The molecule has 25 heavy (non-hydrogen) atoms. The maximum absolute atomic E-state index is 13.4. The Kier molecular flexibility index (Phi) is 4.07. The molecule has 0 saturated carbocycles. The Morgan fingerprint density at radius 2 is 1.92 bits per heavy atom. The maximum atomic E-state index is 13.4. The summed E-state index contributed by atoms with van der Waals surface area (Å²) >= 11 is 6.35. The summed E-state index contributed by atoms with van der Waals surface area (Å²) in [6, 6.07) is 5.54. The van der Waals surface area contributed by atoms with Crippen LogP contribution in [-0.4, -0.2) is 15.1 Å². The number of nitrogens with one attached hydrogen (secondary N) is 1. The van der Waals surface area contributed by atoms with Gasteiger partial charge in [0.1, 0.15) is 17.4 Å². The lowest BCUT2D eigenvalue weighted by Crippen LogP contribution is -2.14. The number of phenols is 1. The van der Waals surface area contributed by atoms with Crippen molar-refractivity contribution in [2.45, 2.75) is 33.1 Å². The molecular formula is C19H18ClFN2O2. The molecule has 6 heteroatoms. The lowest BCUT2D eigenvalue weighted by atomic mass is 9.84. The molecule has 0 amide bonds. The molecule has 0 radical (unpaired) electrons. The van der Waals surface area contributed by atoms with Gasteiger partial charge in [0.05, 0.1) is 16.5 Å². The van der Waals surface area contributed by atoms with Crippen molar-refractivity contribution in [1.29, 1.82) is 0 Å². The fourth-order valence-electron chi connectivity index (χ4n) is 2.83. The molecule has 0 aliphatic carbocycles. The third-order valence-corrected chi connectivity index (χ3v) is 4.60. The molecule has 2 N–H and O–H groups in total. The van der Waals surface area contributed by atoms with Crippen LogP contribution in [0.5, 0.6) is 5.75 Å². The average molecular weight is 361 g/mol. The molecule has 1 heterocycles. The maximum Gasteiger partial charge on any atom is 0.259 e. The number of benzene rings is 2. The van der Waals surface area contributed by atoms with E-state index in [1.54, 1.807) is 13.0 Å². The number of phenolic OH excluding ortho intramolecular Hbond substituents is 1. The number of nitrogens with zero attached hydrogens (tertiary/aromatic N) is 1. The molecule has 0 aliphatic rings. The minimum absolute atomic E-state index is 0.0269. The Labute approximate surface area is 149 Å². The van der Waals surface area contributed by atoms with Crippen LogP contribution in [0.15, 0.2) is 29.1 Å². The minimum atomic E-state index is -0.510. The highest BCUT2D eigenvalue weighted by atomic mass is 35.5. The van der Waals surface area contributed by atoms with Gasteiger partial charge in [-0.2, -0.15) is 0 Å². The van der Waals surface area contributed by atoms with Gasteiger partial charge in [0.2, 0.25) is 0 Å². The molecule has 2 aromatic carbocycles. The SMILES string of the molecule is Cc1c(Cl)cc(C(C)(C)C)c(O)c1-c1nc2ccc(F)cc2c(=O)[nH]1. The monoisotopic (exact) mass is 360 g/mol. The highest BCUT2D eigenvalue weighted by Crippen LogP contribution is 2.42. The fourth-order valence-corrected chi connectivity index (χ4v) is 3.03. The molecule has 0 spiro atoms. The van der Waals surface area contributed by atoms with Crippen LogP contribution >= 0.6 is 11.6 Å². The van der Waals surface area contributed by atoms with Gasteiger partial charge in [0.15, 0.2) is 0 Å². The zero-order valence-corrected chi connectivity index (χ0v) is 15.1. The molecule has 3 rings (SSSR count). The molecule has 130 valence electrons. The Hall–Kier alpha value is -2.40. The van der Waals surface area contributed by atoms with Gasteiger partial charge in [-0.3, -0.25) is 4.79 Å². The van der Waals surface area contributed by atoms with Crippen molar-refractivity contribution in [2.24, 2.45) is 0 Å². The van der Waals surface area contributed by atoms with Crippen molar-refractivity contribution < 1.29 is 9.50 Å². The molecule has 0 fully saturated rings. The molecule has 3 aromatic rings. The number of aromatic nitrogens is 2. The summed E-state index contributed by atoms with van der Waals surface area (Å²) < 4.78 is 13.4. The van der Waals surface area contributed by atoms with Crippen molar-refractivity contribution in [3.8, 4) is 17.1 Å². The van der Waals surface area contributed by atoms with E-state index >= 15 is 0 Å². The van der Waals surface area contributed by atoms with Gasteiger partial charge in [-0.1, -0.05) is 32.4 Å². The van der Waals surface area contributed by atoms with Crippen molar-refractivity contribution in [1.82, 2.24) is 9.97 Å². The fraction of sp³-hybridized carbons (Fsp3) is 0.263. The number of rotatable bonds is 1. The summed E-state index contributed by atoms with van der Waals surface area (Å²) in [7, 11) is 0. The third kappa shape index (κ3) is 3.00. The molecule has 0 unspecified atom stereocenters. The number of aromatic hydroxyl groups is 1. The number of hydrogen-bond donors (Lipinski definition) is 2. The molecule has 0 aliphatic heterocycles. The predicted molar refractivity (Wildman–Crippen MR) is 97.9 cm³/mol. The summed E-state index contributed by atoms with van der Waals surface area (Å²) in [4.78, 5) is 19.4. The van der Waals surface area contributed by atoms with Gasteiger partial charge in [-0.05, 0) is 42.2 Å². The quantitative estimate of drug-likeness (QED) is 0.661. The second kappa shape index (κ2) is 5.85. The van der Waals surface area contributed by atoms with Crippen LogP contribution in [0, 0.1) is 12.7 Å². The van der Waals surface area contributed by atoms with Gasteiger partial charge >= 0.3 is 0 Å². The van der Waals surface area contributed by atoms with Gasteiger partial charge < -0.3 is 10.1 Å². The van der Waals surface area contributed by atoms with Crippen LogP contribution in [0.4, 0.5) is 4.39 Å². The average Bonchev–Trinajstić information content (AvgIpc) is 2.51. The number of halogens is 2. The predicted octanol–water partition coefficient (Wildman–Crippen LogP) is 4.69. The zero-order chi connectivity index (χ0) is 18.5. The van der Waals surface area contributed by atoms with E-state index in [4.69, 9.17) is 11.6 Å². The number of aromatic amines is 1. The lowest BCUT2D eigenvalue weighted by Gasteiger charge is -2.23.